The highest BCUT2D eigenvalue weighted by molar-refractivity contribution is 6.40. The van der Waals surface area contributed by atoms with Gasteiger partial charge in [0.1, 0.15) is 18.2 Å². The summed E-state index contributed by atoms with van der Waals surface area (Å²) in [6, 6.07) is 18.1. The van der Waals surface area contributed by atoms with Crippen molar-refractivity contribution in [1.82, 2.24) is 5.43 Å². The van der Waals surface area contributed by atoms with Crippen molar-refractivity contribution in [1.29, 1.82) is 0 Å². The molecule has 6 nitrogen and oxygen atoms in total. The lowest BCUT2D eigenvalue weighted by molar-refractivity contribution is -0.136. The molecule has 0 aliphatic rings. The van der Waals surface area contributed by atoms with Crippen LogP contribution in [-0.4, -0.2) is 17.5 Å². The molecule has 0 saturated heterocycles. The number of aryl methyl sites for hydroxylation is 1. The quantitative estimate of drug-likeness (QED) is 0.318. The number of nitrogens with zero attached hydrogens (tertiary/aromatic N) is 1. The second-order valence-electron chi connectivity index (χ2n) is 7.00. The largest absolute Gasteiger partial charge is 0.489 e. The Kier molecular flexibility index (Phi) is 7.57. The van der Waals surface area contributed by atoms with Gasteiger partial charge in [-0.2, -0.15) is 5.10 Å². The third kappa shape index (κ3) is 6.39. The summed E-state index contributed by atoms with van der Waals surface area (Å²) in [6.45, 7) is 3.85. The summed E-state index contributed by atoms with van der Waals surface area (Å²) in [5.41, 5.74) is 5.61. The van der Waals surface area contributed by atoms with E-state index in [9.17, 15) is 14.0 Å². The van der Waals surface area contributed by atoms with Crippen LogP contribution in [0.4, 0.5) is 10.1 Å². The lowest BCUT2D eigenvalue weighted by Gasteiger charge is -2.08. The summed E-state index contributed by atoms with van der Waals surface area (Å²) in [5.74, 6) is -1.42. The van der Waals surface area contributed by atoms with E-state index in [2.05, 4.69) is 15.8 Å². The van der Waals surface area contributed by atoms with Gasteiger partial charge in [-0.3, -0.25) is 9.59 Å². The molecule has 3 aromatic carbocycles. The van der Waals surface area contributed by atoms with Gasteiger partial charge >= 0.3 is 11.8 Å². The number of carbonyl (C=O) groups excluding carboxylic acids is 2. The number of hydrogen-bond donors (Lipinski definition) is 2. The minimum atomic E-state index is -0.903. The number of hydrogen-bond acceptors (Lipinski definition) is 4. The first-order chi connectivity index (χ1) is 15.3. The molecule has 8 heteroatoms. The van der Waals surface area contributed by atoms with Gasteiger partial charge in [0.15, 0.2) is 0 Å². The number of anilines is 1. The van der Waals surface area contributed by atoms with Crippen LogP contribution >= 0.6 is 11.6 Å². The highest BCUT2D eigenvalue weighted by atomic mass is 35.5. The number of carbonyl (C=O) groups is 2. The van der Waals surface area contributed by atoms with Crippen LogP contribution in [0.25, 0.3) is 0 Å². The van der Waals surface area contributed by atoms with E-state index in [0.29, 0.717) is 28.8 Å². The van der Waals surface area contributed by atoms with Gasteiger partial charge in [0.2, 0.25) is 0 Å². The van der Waals surface area contributed by atoms with Gasteiger partial charge in [0.25, 0.3) is 0 Å². The molecule has 0 bridgehead atoms. The van der Waals surface area contributed by atoms with Crippen molar-refractivity contribution >= 4 is 34.8 Å². The maximum absolute atomic E-state index is 12.9. The number of hydrazone groups is 1. The highest BCUT2D eigenvalue weighted by Gasteiger charge is 2.14. The molecule has 2 amide bonds. The van der Waals surface area contributed by atoms with E-state index in [1.54, 1.807) is 61.5 Å². The van der Waals surface area contributed by atoms with Gasteiger partial charge in [0, 0.05) is 10.7 Å². The first kappa shape index (κ1) is 23.0. The summed E-state index contributed by atoms with van der Waals surface area (Å²) in [7, 11) is 0. The summed E-state index contributed by atoms with van der Waals surface area (Å²) >= 11 is 6.02. The van der Waals surface area contributed by atoms with Crippen molar-refractivity contribution in [2.45, 2.75) is 20.5 Å². The second-order valence-corrected chi connectivity index (χ2v) is 7.40. The first-order valence-electron chi connectivity index (χ1n) is 9.71. The van der Waals surface area contributed by atoms with Crippen molar-refractivity contribution in [3.8, 4) is 5.75 Å². The van der Waals surface area contributed by atoms with Crippen molar-refractivity contribution in [3.63, 3.8) is 0 Å². The fourth-order valence-electron chi connectivity index (χ4n) is 2.65. The van der Waals surface area contributed by atoms with Crippen LogP contribution in [0.15, 0.2) is 71.8 Å². The average Bonchev–Trinajstić information content (AvgIpc) is 2.79. The summed E-state index contributed by atoms with van der Waals surface area (Å²) in [5, 5.41) is 6.93. The van der Waals surface area contributed by atoms with Crippen molar-refractivity contribution in [2.75, 3.05) is 5.32 Å². The molecule has 3 aromatic rings. The van der Waals surface area contributed by atoms with Crippen LogP contribution in [0.1, 0.15) is 23.6 Å². The van der Waals surface area contributed by atoms with E-state index in [-0.39, 0.29) is 5.82 Å². The van der Waals surface area contributed by atoms with Gasteiger partial charge in [0.05, 0.1) is 5.71 Å². The Labute approximate surface area is 190 Å². The van der Waals surface area contributed by atoms with Crippen molar-refractivity contribution < 1.29 is 18.7 Å². The molecule has 32 heavy (non-hydrogen) atoms. The lowest BCUT2D eigenvalue weighted by Crippen LogP contribution is -2.32. The van der Waals surface area contributed by atoms with Crippen molar-refractivity contribution in [3.05, 3.63) is 94.3 Å². The standard InChI is InChI=1S/C24H21ClFN3O3/c1-15-3-10-20(13-22(15)25)27-23(30)24(31)29-28-16(2)18-6-11-21(12-7-18)32-14-17-4-8-19(26)9-5-17/h3-13H,14H2,1-2H3,(H,27,30)(H,29,31)/b28-16+. The molecule has 0 atom stereocenters. The predicted molar refractivity (Wildman–Crippen MR) is 122 cm³/mol. The average molecular weight is 454 g/mol. The fourth-order valence-corrected chi connectivity index (χ4v) is 2.83. The molecule has 0 radical (unpaired) electrons. The molecular weight excluding hydrogens is 433 g/mol. The Hall–Kier alpha value is -3.71. The predicted octanol–water partition coefficient (Wildman–Crippen LogP) is 4.85. The van der Waals surface area contributed by atoms with E-state index in [1.165, 1.54) is 12.1 Å². The smallest absolute Gasteiger partial charge is 0.329 e. The normalized spacial score (nSPS) is 11.1. The molecule has 0 aromatic heterocycles. The van der Waals surface area contributed by atoms with Gasteiger partial charge in [-0.1, -0.05) is 29.8 Å². The highest BCUT2D eigenvalue weighted by Crippen LogP contribution is 2.20. The summed E-state index contributed by atoms with van der Waals surface area (Å²) < 4.78 is 18.6. The number of rotatable bonds is 6. The van der Waals surface area contributed by atoms with E-state index >= 15 is 0 Å². The van der Waals surface area contributed by atoms with Gasteiger partial charge in [-0.25, -0.2) is 9.82 Å². The van der Waals surface area contributed by atoms with Gasteiger partial charge < -0.3 is 10.1 Å². The SMILES string of the molecule is C/C(=N\NC(=O)C(=O)Nc1ccc(C)c(Cl)c1)c1ccc(OCc2ccc(F)cc2)cc1. The minimum Gasteiger partial charge on any atom is -0.489 e. The molecule has 0 heterocycles. The zero-order chi connectivity index (χ0) is 23.1. The maximum atomic E-state index is 12.9. The Morgan fingerprint density at radius 2 is 1.69 bits per heavy atom. The molecule has 0 saturated carbocycles. The fraction of sp³-hybridized carbons (Fsp3) is 0.125. The van der Waals surface area contributed by atoms with E-state index in [0.717, 1.165) is 16.7 Å². The molecule has 0 spiro atoms. The molecule has 0 aliphatic carbocycles. The Morgan fingerprint density at radius 1 is 1.00 bits per heavy atom. The number of ether oxygens (including phenoxy) is 1. The molecule has 0 aliphatic heterocycles. The van der Waals surface area contributed by atoms with Crippen LogP contribution in [0.3, 0.4) is 0 Å². The number of halogens is 2. The third-order valence-corrected chi connectivity index (χ3v) is 4.96. The minimum absolute atomic E-state index is 0.294. The summed E-state index contributed by atoms with van der Waals surface area (Å²) in [4.78, 5) is 24.1. The van der Waals surface area contributed by atoms with Gasteiger partial charge in [-0.05, 0) is 79.1 Å². The van der Waals surface area contributed by atoms with E-state index in [1.807, 2.05) is 6.92 Å². The second kappa shape index (κ2) is 10.5. The molecule has 2 N–H and O–H groups in total. The van der Waals surface area contributed by atoms with Crippen LogP contribution in [0.5, 0.6) is 5.75 Å². The number of amides is 2. The Bertz CT molecular complexity index is 1150. The van der Waals surface area contributed by atoms with Crippen LogP contribution in [-0.2, 0) is 16.2 Å². The number of nitrogens with one attached hydrogen (secondary N) is 2. The zero-order valence-corrected chi connectivity index (χ0v) is 18.2. The van der Waals surface area contributed by atoms with Gasteiger partial charge in [-0.15, -0.1) is 0 Å². The topological polar surface area (TPSA) is 79.8 Å². The third-order valence-electron chi connectivity index (χ3n) is 4.55. The molecular formula is C24H21ClFN3O3. The Balaban J connectivity index is 1.53. The molecule has 3 rings (SSSR count). The molecule has 0 unspecified atom stereocenters. The van der Waals surface area contributed by atoms with E-state index < -0.39 is 11.8 Å². The molecule has 164 valence electrons. The Morgan fingerprint density at radius 3 is 2.34 bits per heavy atom. The zero-order valence-electron chi connectivity index (χ0n) is 17.5. The van der Waals surface area contributed by atoms with E-state index in [4.69, 9.17) is 16.3 Å². The summed E-state index contributed by atoms with van der Waals surface area (Å²) in [6.07, 6.45) is 0. The maximum Gasteiger partial charge on any atom is 0.329 e. The monoisotopic (exact) mass is 453 g/mol. The first-order valence-corrected chi connectivity index (χ1v) is 10.1. The number of benzene rings is 3. The van der Waals surface area contributed by atoms with Crippen LogP contribution in [0.2, 0.25) is 5.02 Å². The van der Waals surface area contributed by atoms with Crippen LogP contribution in [0, 0.1) is 12.7 Å². The van der Waals surface area contributed by atoms with Crippen LogP contribution < -0.4 is 15.5 Å². The lowest BCUT2D eigenvalue weighted by atomic mass is 10.1. The van der Waals surface area contributed by atoms with Crippen molar-refractivity contribution in [2.24, 2.45) is 5.10 Å². The molecule has 0 fully saturated rings.